The molecule has 3 aromatic carbocycles. The minimum absolute atomic E-state index is 0.161. The minimum Gasteiger partial charge on any atom is -0.349 e. The first-order valence-electron chi connectivity index (χ1n) is 8.44. The quantitative estimate of drug-likeness (QED) is 0.725. The predicted octanol–water partition coefficient (Wildman–Crippen LogP) is 3.53. The molecule has 0 spiro atoms. The number of hydrogen-bond donors (Lipinski definition) is 2. The van der Waals surface area contributed by atoms with Crippen molar-refractivity contribution in [3.05, 3.63) is 72.3 Å². The molecular formula is C20H18N2O3S. The van der Waals surface area contributed by atoms with Crippen molar-refractivity contribution in [1.82, 2.24) is 5.32 Å². The van der Waals surface area contributed by atoms with Gasteiger partial charge in [0.1, 0.15) is 0 Å². The second-order valence-electron chi connectivity index (χ2n) is 6.41. The van der Waals surface area contributed by atoms with Gasteiger partial charge in [-0.3, -0.25) is 9.52 Å². The van der Waals surface area contributed by atoms with Gasteiger partial charge >= 0.3 is 0 Å². The molecule has 1 saturated carbocycles. The van der Waals surface area contributed by atoms with Crippen molar-refractivity contribution in [2.24, 2.45) is 0 Å². The maximum absolute atomic E-state index is 12.8. The van der Waals surface area contributed by atoms with Gasteiger partial charge in [0.05, 0.1) is 16.1 Å². The van der Waals surface area contributed by atoms with Crippen molar-refractivity contribution in [2.45, 2.75) is 23.8 Å². The lowest BCUT2D eigenvalue weighted by atomic mass is 10.1. The smallest absolute Gasteiger partial charge is 0.261 e. The first-order chi connectivity index (χ1) is 12.5. The van der Waals surface area contributed by atoms with E-state index < -0.39 is 10.0 Å². The van der Waals surface area contributed by atoms with Crippen molar-refractivity contribution in [3.8, 4) is 0 Å². The van der Waals surface area contributed by atoms with Gasteiger partial charge in [-0.25, -0.2) is 8.42 Å². The Hall–Kier alpha value is -2.86. The maximum atomic E-state index is 12.8. The molecule has 0 radical (unpaired) electrons. The molecular weight excluding hydrogens is 348 g/mol. The Labute approximate surface area is 152 Å². The average molecular weight is 366 g/mol. The number of anilines is 1. The summed E-state index contributed by atoms with van der Waals surface area (Å²) in [5, 5.41) is 4.70. The second-order valence-corrected chi connectivity index (χ2v) is 8.09. The SMILES string of the molecule is O=C(NC1CC1)c1ccccc1NS(=O)(=O)c1ccc2ccccc2c1. The molecule has 0 saturated heterocycles. The Morgan fingerprint density at radius 2 is 1.58 bits per heavy atom. The van der Waals surface area contributed by atoms with E-state index in [2.05, 4.69) is 10.0 Å². The topological polar surface area (TPSA) is 75.3 Å². The Morgan fingerprint density at radius 1 is 0.885 bits per heavy atom. The van der Waals surface area contributed by atoms with Crippen LogP contribution in [0.3, 0.4) is 0 Å². The highest BCUT2D eigenvalue weighted by Gasteiger charge is 2.25. The predicted molar refractivity (Wildman–Crippen MR) is 102 cm³/mol. The number of carbonyl (C=O) groups is 1. The zero-order valence-corrected chi connectivity index (χ0v) is 14.8. The number of benzene rings is 3. The largest absolute Gasteiger partial charge is 0.349 e. The number of fused-ring (bicyclic) bond motifs is 1. The Balaban J connectivity index is 1.65. The van der Waals surface area contributed by atoms with E-state index in [9.17, 15) is 13.2 Å². The van der Waals surface area contributed by atoms with E-state index in [4.69, 9.17) is 0 Å². The lowest BCUT2D eigenvalue weighted by molar-refractivity contribution is 0.0952. The summed E-state index contributed by atoms with van der Waals surface area (Å²) in [4.78, 5) is 12.5. The van der Waals surface area contributed by atoms with Crippen LogP contribution in [-0.2, 0) is 10.0 Å². The van der Waals surface area contributed by atoms with Crippen molar-refractivity contribution >= 4 is 32.4 Å². The van der Waals surface area contributed by atoms with Gasteiger partial charge in [0, 0.05) is 6.04 Å². The molecule has 0 heterocycles. The molecule has 0 bridgehead atoms. The van der Waals surface area contributed by atoms with E-state index in [1.807, 2.05) is 24.3 Å². The molecule has 3 aromatic rings. The molecule has 26 heavy (non-hydrogen) atoms. The van der Waals surface area contributed by atoms with Crippen LogP contribution < -0.4 is 10.0 Å². The van der Waals surface area contributed by atoms with E-state index in [0.717, 1.165) is 23.6 Å². The molecule has 1 fully saturated rings. The van der Waals surface area contributed by atoms with Gasteiger partial charge in [-0.05, 0) is 47.9 Å². The fourth-order valence-electron chi connectivity index (χ4n) is 2.80. The van der Waals surface area contributed by atoms with Crippen LogP contribution in [0.2, 0.25) is 0 Å². The van der Waals surface area contributed by atoms with Crippen LogP contribution >= 0.6 is 0 Å². The number of carbonyl (C=O) groups excluding carboxylic acids is 1. The summed E-state index contributed by atoms with van der Waals surface area (Å²) in [7, 11) is -3.80. The number of sulfonamides is 1. The highest BCUT2D eigenvalue weighted by atomic mass is 32.2. The lowest BCUT2D eigenvalue weighted by Crippen LogP contribution is -2.27. The van der Waals surface area contributed by atoms with E-state index in [1.165, 1.54) is 0 Å². The number of para-hydroxylation sites is 1. The molecule has 0 atom stereocenters. The molecule has 1 aliphatic rings. The average Bonchev–Trinajstić information content (AvgIpc) is 3.45. The van der Waals surface area contributed by atoms with Gasteiger partial charge in [0.25, 0.3) is 15.9 Å². The molecule has 1 amide bonds. The summed E-state index contributed by atoms with van der Waals surface area (Å²) >= 11 is 0. The summed E-state index contributed by atoms with van der Waals surface area (Å²) in [6.07, 6.45) is 1.94. The summed E-state index contributed by atoms with van der Waals surface area (Å²) in [6.45, 7) is 0. The molecule has 2 N–H and O–H groups in total. The van der Waals surface area contributed by atoms with Gasteiger partial charge < -0.3 is 5.32 Å². The van der Waals surface area contributed by atoms with Gasteiger partial charge in [-0.15, -0.1) is 0 Å². The summed E-state index contributed by atoms with van der Waals surface area (Å²) < 4.78 is 28.2. The van der Waals surface area contributed by atoms with Crippen molar-refractivity contribution < 1.29 is 13.2 Å². The van der Waals surface area contributed by atoms with Crippen LogP contribution in [0.4, 0.5) is 5.69 Å². The molecule has 132 valence electrons. The third kappa shape index (κ3) is 3.41. The number of nitrogens with one attached hydrogen (secondary N) is 2. The fourth-order valence-corrected chi connectivity index (χ4v) is 3.91. The molecule has 5 nitrogen and oxygen atoms in total. The van der Waals surface area contributed by atoms with E-state index in [-0.39, 0.29) is 22.5 Å². The molecule has 6 heteroatoms. The fraction of sp³-hybridized carbons (Fsp3) is 0.150. The third-order valence-electron chi connectivity index (χ3n) is 4.36. The molecule has 0 unspecified atom stereocenters. The Morgan fingerprint density at radius 3 is 2.35 bits per heavy atom. The van der Waals surface area contributed by atoms with Crippen LogP contribution in [0.25, 0.3) is 10.8 Å². The van der Waals surface area contributed by atoms with Gasteiger partial charge in [0.15, 0.2) is 0 Å². The molecule has 0 aliphatic heterocycles. The van der Waals surface area contributed by atoms with Gasteiger partial charge in [-0.1, -0.05) is 42.5 Å². The molecule has 1 aliphatic carbocycles. The molecule has 0 aromatic heterocycles. The van der Waals surface area contributed by atoms with E-state index in [0.29, 0.717) is 5.56 Å². The lowest BCUT2D eigenvalue weighted by Gasteiger charge is -2.13. The van der Waals surface area contributed by atoms with Crippen LogP contribution in [0.1, 0.15) is 23.2 Å². The van der Waals surface area contributed by atoms with Crippen LogP contribution in [-0.4, -0.2) is 20.4 Å². The normalized spacial score (nSPS) is 14.2. The maximum Gasteiger partial charge on any atom is 0.261 e. The van der Waals surface area contributed by atoms with Gasteiger partial charge in [0.2, 0.25) is 0 Å². The first kappa shape index (κ1) is 16.6. The van der Waals surface area contributed by atoms with Crippen LogP contribution in [0.15, 0.2) is 71.6 Å². The number of hydrogen-bond acceptors (Lipinski definition) is 3. The summed E-state index contributed by atoms with van der Waals surface area (Å²) in [6, 6.07) is 19.4. The standard InChI is InChI=1S/C20H18N2O3S/c23-20(21-16-10-11-16)18-7-3-4-8-19(18)22-26(24,25)17-12-9-14-5-1-2-6-15(14)13-17/h1-9,12-13,16,22H,10-11H2,(H,21,23). The monoisotopic (exact) mass is 366 g/mol. The van der Waals surface area contributed by atoms with E-state index in [1.54, 1.807) is 42.5 Å². The second kappa shape index (κ2) is 6.46. The Kier molecular flexibility index (Phi) is 4.12. The van der Waals surface area contributed by atoms with Crippen LogP contribution in [0, 0.1) is 0 Å². The highest BCUT2D eigenvalue weighted by molar-refractivity contribution is 7.92. The minimum atomic E-state index is -3.80. The molecule has 4 rings (SSSR count). The number of rotatable bonds is 5. The highest BCUT2D eigenvalue weighted by Crippen LogP contribution is 2.25. The third-order valence-corrected chi connectivity index (χ3v) is 5.72. The zero-order valence-electron chi connectivity index (χ0n) is 14.0. The number of amides is 1. The van der Waals surface area contributed by atoms with Crippen molar-refractivity contribution in [1.29, 1.82) is 0 Å². The van der Waals surface area contributed by atoms with Crippen molar-refractivity contribution in [3.63, 3.8) is 0 Å². The zero-order chi connectivity index (χ0) is 18.1. The van der Waals surface area contributed by atoms with Gasteiger partial charge in [-0.2, -0.15) is 0 Å². The van der Waals surface area contributed by atoms with Crippen molar-refractivity contribution in [2.75, 3.05) is 4.72 Å². The van der Waals surface area contributed by atoms with Crippen LogP contribution in [0.5, 0.6) is 0 Å². The summed E-state index contributed by atoms with van der Waals surface area (Å²) in [5.74, 6) is -0.260. The first-order valence-corrected chi connectivity index (χ1v) is 9.93. The Bertz CT molecular complexity index is 1090. The van der Waals surface area contributed by atoms with E-state index >= 15 is 0 Å². The summed E-state index contributed by atoms with van der Waals surface area (Å²) in [5.41, 5.74) is 0.600.